The highest BCUT2D eigenvalue weighted by Gasteiger charge is 2.61. The third-order valence-corrected chi connectivity index (χ3v) is 10.1. The number of rotatable bonds is 18. The molecule has 0 spiro atoms. The summed E-state index contributed by atoms with van der Waals surface area (Å²) < 4.78 is 60.6. The van der Waals surface area contributed by atoms with Crippen molar-refractivity contribution < 1.29 is 51.4 Å². The summed E-state index contributed by atoms with van der Waals surface area (Å²) in [7, 11) is 0. The van der Waals surface area contributed by atoms with E-state index >= 15 is 17.6 Å². The van der Waals surface area contributed by atoms with Gasteiger partial charge in [0.25, 0.3) is 11.8 Å². The lowest BCUT2D eigenvalue weighted by Crippen LogP contribution is -2.56. The predicted octanol–water partition coefficient (Wildman–Crippen LogP) is 4.49. The Hall–Kier alpha value is -4.24. The lowest BCUT2D eigenvalue weighted by atomic mass is 9.83. The molecule has 12 nitrogen and oxygen atoms in total. The molecule has 0 unspecified atom stereocenters. The first-order chi connectivity index (χ1) is 24.1. The van der Waals surface area contributed by atoms with Gasteiger partial charge in [-0.1, -0.05) is 47.6 Å². The van der Waals surface area contributed by atoms with Gasteiger partial charge >= 0.3 is 5.92 Å². The molecular formula is C36H49F4N5O7. The number of hydrogen-bond donors (Lipinski definition) is 3. The number of hydrogen-bond acceptors (Lipinski definition) is 9. The van der Waals surface area contributed by atoms with Crippen LogP contribution in [0.15, 0.2) is 30.9 Å². The summed E-state index contributed by atoms with van der Waals surface area (Å²) in [4.78, 5) is 89.1. The number of aliphatic hydroxyl groups is 1. The average molecular weight is 740 g/mol. The molecule has 16 heteroatoms. The molecule has 0 aromatic carbocycles. The van der Waals surface area contributed by atoms with Gasteiger partial charge in [-0.25, -0.2) is 13.8 Å². The van der Waals surface area contributed by atoms with Gasteiger partial charge in [0.05, 0.1) is 18.3 Å². The number of carbonyl (C=O) groups excluding carboxylic acids is 6. The van der Waals surface area contributed by atoms with Gasteiger partial charge in [-0.15, -0.1) is 0 Å². The molecule has 2 aliphatic rings. The number of alkyl halides is 4. The summed E-state index contributed by atoms with van der Waals surface area (Å²) in [5.74, 6) is -21.2. The van der Waals surface area contributed by atoms with Crippen LogP contribution < -0.4 is 10.6 Å². The zero-order valence-electron chi connectivity index (χ0n) is 30.3. The largest absolute Gasteiger partial charge is 0.511 e. The van der Waals surface area contributed by atoms with E-state index in [1.165, 1.54) is 25.5 Å². The van der Waals surface area contributed by atoms with E-state index in [1.54, 1.807) is 39.9 Å². The number of carbonyl (C=O) groups is 6. The molecule has 1 saturated heterocycles. The Morgan fingerprint density at radius 3 is 2.23 bits per heavy atom. The zero-order chi connectivity index (χ0) is 39.3. The van der Waals surface area contributed by atoms with Crippen LogP contribution in [0.1, 0.15) is 90.6 Å². The van der Waals surface area contributed by atoms with Crippen LogP contribution in [0.2, 0.25) is 0 Å². The fourth-order valence-corrected chi connectivity index (χ4v) is 7.01. The van der Waals surface area contributed by atoms with Crippen molar-refractivity contribution >= 4 is 35.1 Å². The topological polar surface area (TPSA) is 176 Å². The van der Waals surface area contributed by atoms with Crippen LogP contribution in [0.4, 0.5) is 17.6 Å². The van der Waals surface area contributed by atoms with E-state index in [1.807, 2.05) is 0 Å². The normalized spacial score (nSPS) is 21.9. The van der Waals surface area contributed by atoms with E-state index in [-0.39, 0.29) is 37.3 Å². The van der Waals surface area contributed by atoms with Gasteiger partial charge in [0.1, 0.15) is 17.5 Å². The molecule has 3 amide bonds. The second-order valence-corrected chi connectivity index (χ2v) is 14.6. The third-order valence-electron chi connectivity index (χ3n) is 10.1. The average Bonchev–Trinajstić information content (AvgIpc) is 3.61. The van der Waals surface area contributed by atoms with Crippen molar-refractivity contribution in [3.05, 3.63) is 36.6 Å². The van der Waals surface area contributed by atoms with E-state index in [0.717, 1.165) is 4.90 Å². The molecule has 1 aliphatic heterocycles. The van der Waals surface area contributed by atoms with Crippen molar-refractivity contribution in [3.63, 3.8) is 0 Å². The van der Waals surface area contributed by atoms with Crippen LogP contribution in [-0.2, 0) is 24.0 Å². The SMILES string of the molecule is C=C(O)[C@H](C)NC(=O)C(F)(F)C(=O)[C@H](CCC)CC(=O)[C@@H]1[C@H]2CCC(F)(F)[C@H]2CN1C(=O)[C@@H](NC(=O)[C@@H](CC(=O)c1cnccn1)C(C)C)C(C)C. The lowest BCUT2D eigenvalue weighted by Gasteiger charge is -2.34. The first kappa shape index (κ1) is 42.2. The Labute approximate surface area is 300 Å². The third kappa shape index (κ3) is 9.40. The summed E-state index contributed by atoms with van der Waals surface area (Å²) in [5, 5.41) is 13.9. The summed E-state index contributed by atoms with van der Waals surface area (Å²) in [6.45, 7) is 12.0. The molecule has 1 aromatic heterocycles. The number of halogens is 4. The number of aliphatic hydroxyl groups excluding tert-OH is 1. The maximum Gasteiger partial charge on any atom is 0.381 e. The van der Waals surface area contributed by atoms with Crippen LogP contribution in [0, 0.1) is 35.5 Å². The number of Topliss-reactive ketones (excluding diaryl/α,β-unsaturated/α-hetero) is 3. The van der Waals surface area contributed by atoms with Crippen LogP contribution >= 0.6 is 0 Å². The number of nitrogens with one attached hydrogen (secondary N) is 2. The molecule has 1 aliphatic carbocycles. The number of amides is 3. The van der Waals surface area contributed by atoms with Crippen LogP contribution in [-0.4, -0.2) is 91.6 Å². The van der Waals surface area contributed by atoms with Crippen LogP contribution in [0.5, 0.6) is 0 Å². The van der Waals surface area contributed by atoms with Gasteiger partial charge in [0.2, 0.25) is 17.6 Å². The molecular weight excluding hydrogens is 690 g/mol. The van der Waals surface area contributed by atoms with Crippen molar-refractivity contribution in [2.24, 2.45) is 35.5 Å². The number of likely N-dealkylation sites (tertiary alicyclic amines) is 1. The molecule has 1 aromatic rings. The van der Waals surface area contributed by atoms with Crippen molar-refractivity contribution in [3.8, 4) is 0 Å². The molecule has 52 heavy (non-hydrogen) atoms. The van der Waals surface area contributed by atoms with Gasteiger partial charge in [0, 0.05) is 56.0 Å². The Bertz CT molecular complexity index is 1520. The van der Waals surface area contributed by atoms with Crippen molar-refractivity contribution in [2.75, 3.05) is 6.54 Å². The van der Waals surface area contributed by atoms with Gasteiger partial charge in [-0.05, 0) is 37.5 Å². The minimum absolute atomic E-state index is 0.0483. The van der Waals surface area contributed by atoms with Crippen molar-refractivity contribution in [1.82, 2.24) is 25.5 Å². The van der Waals surface area contributed by atoms with E-state index < -0.39 is 120 Å². The number of aromatic nitrogens is 2. The second kappa shape index (κ2) is 17.1. The lowest BCUT2D eigenvalue weighted by molar-refractivity contribution is -0.162. The quantitative estimate of drug-likeness (QED) is 0.0848. The van der Waals surface area contributed by atoms with Crippen LogP contribution in [0.3, 0.4) is 0 Å². The first-order valence-electron chi connectivity index (χ1n) is 17.6. The van der Waals surface area contributed by atoms with E-state index in [4.69, 9.17) is 0 Å². The standard InChI is InChI=1S/C36H49F4N5O7/c1-8-9-22(31(49)36(39,40)34(52)43-20(6)21(7)46)14-28(48)30-23-10-11-35(37,38)25(23)17-45(30)33(51)29(19(4)5)44-32(50)24(18(2)3)15-27(47)26-16-41-12-13-42-26/h12-13,16,18-20,22-25,29-30,46H,7-11,14-15,17H2,1-6H3,(H,43,52)(H,44,50)/t20-,22+,23-,24-,25-,29-,30-/m0/s1. The minimum Gasteiger partial charge on any atom is -0.511 e. The van der Waals surface area contributed by atoms with E-state index in [0.29, 0.717) is 0 Å². The Balaban J connectivity index is 1.90. The van der Waals surface area contributed by atoms with E-state index in [9.17, 15) is 33.9 Å². The number of ketones is 3. The van der Waals surface area contributed by atoms with Crippen molar-refractivity contribution in [2.45, 2.75) is 110 Å². The fourth-order valence-electron chi connectivity index (χ4n) is 7.01. The maximum absolute atomic E-state index is 15.2. The second-order valence-electron chi connectivity index (χ2n) is 14.6. The minimum atomic E-state index is -4.60. The fraction of sp³-hybridized carbons (Fsp3) is 0.667. The van der Waals surface area contributed by atoms with Gasteiger partial charge in [-0.2, -0.15) is 8.78 Å². The van der Waals surface area contributed by atoms with Gasteiger partial charge < -0.3 is 20.6 Å². The monoisotopic (exact) mass is 739 g/mol. The molecule has 7 atom stereocenters. The molecule has 3 rings (SSSR count). The Morgan fingerprint density at radius 1 is 1.04 bits per heavy atom. The summed E-state index contributed by atoms with van der Waals surface area (Å²) in [6.07, 6.45) is 2.08. The highest BCUT2D eigenvalue weighted by molar-refractivity contribution is 6.09. The van der Waals surface area contributed by atoms with Gasteiger partial charge in [0.15, 0.2) is 11.6 Å². The molecule has 2 heterocycles. The highest BCUT2D eigenvalue weighted by atomic mass is 19.3. The molecule has 3 N–H and O–H groups in total. The van der Waals surface area contributed by atoms with Gasteiger partial charge in [-0.3, -0.25) is 33.8 Å². The van der Waals surface area contributed by atoms with E-state index in [2.05, 4.69) is 21.9 Å². The Morgan fingerprint density at radius 2 is 1.69 bits per heavy atom. The summed E-state index contributed by atoms with van der Waals surface area (Å²) in [5.41, 5.74) is 0.0483. The molecule has 288 valence electrons. The maximum atomic E-state index is 15.2. The highest BCUT2D eigenvalue weighted by Crippen LogP contribution is 2.51. The Kier molecular flexibility index (Phi) is 13.8. The smallest absolute Gasteiger partial charge is 0.381 e. The molecule has 0 radical (unpaired) electrons. The number of fused-ring (bicyclic) bond motifs is 1. The first-order valence-corrected chi connectivity index (χ1v) is 17.6. The molecule has 2 fully saturated rings. The zero-order valence-corrected chi connectivity index (χ0v) is 30.3. The molecule has 0 bridgehead atoms. The summed E-state index contributed by atoms with van der Waals surface area (Å²) in [6, 6.07) is -4.12. The predicted molar refractivity (Wildman–Crippen MR) is 180 cm³/mol. The van der Waals surface area contributed by atoms with Crippen molar-refractivity contribution in [1.29, 1.82) is 0 Å². The number of nitrogens with zero attached hydrogens (tertiary/aromatic N) is 3. The summed E-state index contributed by atoms with van der Waals surface area (Å²) >= 11 is 0. The molecule has 1 saturated carbocycles. The van der Waals surface area contributed by atoms with Crippen LogP contribution in [0.25, 0.3) is 0 Å².